The van der Waals surface area contributed by atoms with E-state index in [2.05, 4.69) is 6.58 Å². The number of benzene rings is 2. The van der Waals surface area contributed by atoms with Crippen LogP contribution in [-0.2, 0) is 16.0 Å². The second-order valence-corrected chi connectivity index (χ2v) is 6.34. The SMILES string of the molecule is C=Cc1cc(C)ccc1S(=O)(=O)Oc1ccc(CCl)cc1. The zero-order chi connectivity index (χ0) is 15.5. The molecule has 0 amide bonds. The number of halogens is 1. The average Bonchev–Trinajstić information content (AvgIpc) is 2.47. The smallest absolute Gasteiger partial charge is 0.339 e. The zero-order valence-corrected chi connectivity index (χ0v) is 13.1. The van der Waals surface area contributed by atoms with Gasteiger partial charge in [-0.15, -0.1) is 11.6 Å². The summed E-state index contributed by atoms with van der Waals surface area (Å²) in [7, 11) is -3.90. The molecule has 0 radical (unpaired) electrons. The lowest BCUT2D eigenvalue weighted by Crippen LogP contribution is -2.11. The molecule has 2 rings (SSSR count). The summed E-state index contributed by atoms with van der Waals surface area (Å²) >= 11 is 5.69. The Hall–Kier alpha value is -1.78. The molecule has 0 aliphatic heterocycles. The van der Waals surface area contributed by atoms with Gasteiger partial charge in [-0.2, -0.15) is 8.42 Å². The summed E-state index contributed by atoms with van der Waals surface area (Å²) in [6.45, 7) is 5.53. The fourth-order valence-corrected chi connectivity index (χ4v) is 3.16. The molecule has 0 bridgehead atoms. The first-order chi connectivity index (χ1) is 9.96. The molecule has 21 heavy (non-hydrogen) atoms. The minimum absolute atomic E-state index is 0.101. The fraction of sp³-hybridized carbons (Fsp3) is 0.125. The van der Waals surface area contributed by atoms with E-state index < -0.39 is 10.1 Å². The van der Waals surface area contributed by atoms with E-state index in [1.165, 1.54) is 12.1 Å². The second kappa shape index (κ2) is 6.33. The Kier molecular flexibility index (Phi) is 4.70. The van der Waals surface area contributed by atoms with Crippen LogP contribution in [0.25, 0.3) is 6.08 Å². The molecule has 2 aromatic rings. The van der Waals surface area contributed by atoms with Gasteiger partial charge in [-0.3, -0.25) is 0 Å². The van der Waals surface area contributed by atoms with E-state index in [9.17, 15) is 8.42 Å². The molecule has 110 valence electrons. The van der Waals surface area contributed by atoms with E-state index >= 15 is 0 Å². The standard InChI is InChI=1S/C16H15ClO3S/c1-3-14-10-12(2)4-9-16(14)21(18,19)20-15-7-5-13(11-17)6-8-15/h3-10H,1,11H2,2H3. The van der Waals surface area contributed by atoms with Crippen LogP contribution in [0.1, 0.15) is 16.7 Å². The maximum atomic E-state index is 12.4. The van der Waals surface area contributed by atoms with Crippen molar-refractivity contribution in [3.63, 3.8) is 0 Å². The lowest BCUT2D eigenvalue weighted by Gasteiger charge is -2.10. The van der Waals surface area contributed by atoms with Gasteiger partial charge in [0, 0.05) is 5.88 Å². The number of aryl methyl sites for hydroxylation is 1. The predicted octanol–water partition coefficient (Wildman–Crippen LogP) is 4.14. The Morgan fingerprint density at radius 3 is 2.43 bits per heavy atom. The van der Waals surface area contributed by atoms with Gasteiger partial charge in [0.25, 0.3) is 0 Å². The van der Waals surface area contributed by atoms with Gasteiger partial charge in [0.1, 0.15) is 10.6 Å². The molecular weight excluding hydrogens is 308 g/mol. The highest BCUT2D eigenvalue weighted by Crippen LogP contribution is 2.23. The van der Waals surface area contributed by atoms with Crippen molar-refractivity contribution >= 4 is 27.8 Å². The van der Waals surface area contributed by atoms with Crippen molar-refractivity contribution in [2.75, 3.05) is 0 Å². The third-order valence-corrected chi connectivity index (χ3v) is 4.57. The van der Waals surface area contributed by atoms with E-state index in [1.54, 1.807) is 36.4 Å². The van der Waals surface area contributed by atoms with Crippen molar-refractivity contribution in [1.29, 1.82) is 0 Å². The van der Waals surface area contributed by atoms with Crippen LogP contribution in [0.4, 0.5) is 0 Å². The van der Waals surface area contributed by atoms with Crippen LogP contribution < -0.4 is 4.18 Å². The summed E-state index contributed by atoms with van der Waals surface area (Å²) in [4.78, 5) is 0.101. The van der Waals surface area contributed by atoms with Gasteiger partial charge >= 0.3 is 10.1 Å². The van der Waals surface area contributed by atoms with Crippen molar-refractivity contribution in [3.8, 4) is 5.75 Å². The number of hydrogen-bond acceptors (Lipinski definition) is 3. The molecule has 0 atom stereocenters. The van der Waals surface area contributed by atoms with Gasteiger partial charge < -0.3 is 4.18 Å². The van der Waals surface area contributed by atoms with Crippen molar-refractivity contribution in [2.24, 2.45) is 0 Å². The Morgan fingerprint density at radius 2 is 1.86 bits per heavy atom. The van der Waals surface area contributed by atoms with Crippen LogP contribution >= 0.6 is 11.6 Å². The molecule has 0 spiro atoms. The molecule has 0 aliphatic carbocycles. The quantitative estimate of drug-likeness (QED) is 0.613. The summed E-state index contributed by atoms with van der Waals surface area (Å²) < 4.78 is 29.9. The van der Waals surface area contributed by atoms with Crippen molar-refractivity contribution < 1.29 is 12.6 Å². The predicted molar refractivity (Wildman–Crippen MR) is 85.1 cm³/mol. The van der Waals surface area contributed by atoms with E-state index in [-0.39, 0.29) is 10.6 Å². The number of alkyl halides is 1. The highest BCUT2D eigenvalue weighted by molar-refractivity contribution is 7.87. The molecule has 3 nitrogen and oxygen atoms in total. The lowest BCUT2D eigenvalue weighted by molar-refractivity contribution is 0.486. The second-order valence-electron chi connectivity index (χ2n) is 4.56. The van der Waals surface area contributed by atoms with E-state index in [4.69, 9.17) is 15.8 Å². The largest absolute Gasteiger partial charge is 0.379 e. The molecule has 0 saturated heterocycles. The van der Waals surface area contributed by atoms with Crippen molar-refractivity contribution in [3.05, 3.63) is 65.7 Å². The van der Waals surface area contributed by atoms with Crippen molar-refractivity contribution in [1.82, 2.24) is 0 Å². The summed E-state index contributed by atoms with van der Waals surface area (Å²) in [5.41, 5.74) is 2.37. The molecule has 0 aliphatic rings. The van der Waals surface area contributed by atoms with Gasteiger partial charge in [-0.25, -0.2) is 0 Å². The Balaban J connectivity index is 2.35. The first-order valence-corrected chi connectivity index (χ1v) is 8.23. The lowest BCUT2D eigenvalue weighted by atomic mass is 10.1. The normalized spacial score (nSPS) is 11.1. The highest BCUT2D eigenvalue weighted by Gasteiger charge is 2.19. The van der Waals surface area contributed by atoms with Crippen LogP contribution in [0.2, 0.25) is 0 Å². The van der Waals surface area contributed by atoms with Crippen LogP contribution in [0, 0.1) is 6.92 Å². The molecule has 0 N–H and O–H groups in total. The zero-order valence-electron chi connectivity index (χ0n) is 11.5. The van der Waals surface area contributed by atoms with Gasteiger partial charge in [0.15, 0.2) is 0 Å². The Morgan fingerprint density at radius 1 is 1.19 bits per heavy atom. The molecule has 0 fully saturated rings. The first-order valence-electron chi connectivity index (χ1n) is 6.29. The van der Waals surface area contributed by atoms with Gasteiger partial charge in [-0.05, 0) is 36.2 Å². The third-order valence-electron chi connectivity index (χ3n) is 2.94. The van der Waals surface area contributed by atoms with Crippen LogP contribution in [-0.4, -0.2) is 8.42 Å². The van der Waals surface area contributed by atoms with E-state index in [0.717, 1.165) is 11.1 Å². The number of hydrogen-bond donors (Lipinski definition) is 0. The van der Waals surface area contributed by atoms with Crippen LogP contribution in [0.15, 0.2) is 53.9 Å². The maximum absolute atomic E-state index is 12.4. The molecule has 0 aromatic heterocycles. The van der Waals surface area contributed by atoms with Crippen LogP contribution in [0.5, 0.6) is 5.75 Å². The topological polar surface area (TPSA) is 43.4 Å². The molecule has 0 unspecified atom stereocenters. The molecular formula is C16H15ClO3S. The van der Waals surface area contributed by atoms with Gasteiger partial charge in [-0.1, -0.05) is 42.5 Å². The molecule has 0 saturated carbocycles. The maximum Gasteiger partial charge on any atom is 0.339 e. The Bertz CT molecular complexity index is 750. The highest BCUT2D eigenvalue weighted by atomic mass is 35.5. The first kappa shape index (κ1) is 15.6. The number of rotatable bonds is 5. The van der Waals surface area contributed by atoms with Gasteiger partial charge in [0.2, 0.25) is 0 Å². The van der Waals surface area contributed by atoms with Crippen LogP contribution in [0.3, 0.4) is 0 Å². The Labute approximate surface area is 130 Å². The fourth-order valence-electron chi connectivity index (χ4n) is 1.86. The van der Waals surface area contributed by atoms with E-state index in [1.807, 2.05) is 6.92 Å². The minimum atomic E-state index is -3.90. The average molecular weight is 323 g/mol. The summed E-state index contributed by atoms with van der Waals surface area (Å²) in [5.74, 6) is 0.616. The van der Waals surface area contributed by atoms with E-state index in [0.29, 0.717) is 11.4 Å². The molecule has 0 heterocycles. The van der Waals surface area contributed by atoms with Gasteiger partial charge in [0.05, 0.1) is 0 Å². The molecule has 2 aromatic carbocycles. The third kappa shape index (κ3) is 3.65. The summed E-state index contributed by atoms with van der Waals surface area (Å²) in [6.07, 6.45) is 1.50. The monoisotopic (exact) mass is 322 g/mol. The molecule has 5 heteroatoms. The summed E-state index contributed by atoms with van der Waals surface area (Å²) in [6, 6.07) is 11.6. The minimum Gasteiger partial charge on any atom is -0.379 e. The van der Waals surface area contributed by atoms with Crippen molar-refractivity contribution in [2.45, 2.75) is 17.7 Å². The summed E-state index contributed by atoms with van der Waals surface area (Å²) in [5, 5.41) is 0.